The summed E-state index contributed by atoms with van der Waals surface area (Å²) < 4.78 is 0.561. The molecule has 0 aliphatic rings. The number of hydrogen-bond acceptors (Lipinski definition) is 2. The fourth-order valence-electron chi connectivity index (χ4n) is 0.917. The van der Waals surface area contributed by atoms with Crippen LogP contribution in [-0.2, 0) is 0 Å². The SMILES string of the molecule is O=C(NCCCl)c1ccc(Br)c(O)c1. The van der Waals surface area contributed by atoms with Gasteiger partial charge in [0.25, 0.3) is 5.91 Å². The number of phenols is 1. The predicted octanol–water partition coefficient (Wildman–Crippen LogP) is 2.12. The highest BCUT2D eigenvalue weighted by molar-refractivity contribution is 9.10. The number of aromatic hydroxyl groups is 1. The molecular formula is C9H9BrClNO2. The Morgan fingerprint density at radius 1 is 1.57 bits per heavy atom. The molecule has 0 unspecified atom stereocenters. The molecule has 0 atom stereocenters. The Balaban J connectivity index is 2.76. The van der Waals surface area contributed by atoms with E-state index >= 15 is 0 Å². The van der Waals surface area contributed by atoms with Gasteiger partial charge in [0, 0.05) is 18.0 Å². The van der Waals surface area contributed by atoms with Crippen LogP contribution in [0.1, 0.15) is 10.4 Å². The predicted molar refractivity (Wildman–Crippen MR) is 58.9 cm³/mol. The zero-order chi connectivity index (χ0) is 10.6. The van der Waals surface area contributed by atoms with Crippen LogP contribution in [0.5, 0.6) is 5.75 Å². The minimum atomic E-state index is -0.242. The van der Waals surface area contributed by atoms with Crippen LogP contribution in [0.4, 0.5) is 0 Å². The molecule has 0 spiro atoms. The molecule has 0 aliphatic carbocycles. The van der Waals surface area contributed by atoms with E-state index in [1.165, 1.54) is 6.07 Å². The first kappa shape index (κ1) is 11.3. The zero-order valence-electron chi connectivity index (χ0n) is 7.26. The van der Waals surface area contributed by atoms with E-state index in [0.29, 0.717) is 22.5 Å². The molecule has 0 aliphatic heterocycles. The number of rotatable bonds is 3. The highest BCUT2D eigenvalue weighted by atomic mass is 79.9. The van der Waals surface area contributed by atoms with Crippen LogP contribution in [0.2, 0.25) is 0 Å². The van der Waals surface area contributed by atoms with Crippen LogP contribution in [0.15, 0.2) is 22.7 Å². The molecule has 0 fully saturated rings. The molecule has 0 radical (unpaired) electrons. The molecule has 0 saturated carbocycles. The second-order valence-electron chi connectivity index (χ2n) is 2.61. The highest BCUT2D eigenvalue weighted by Crippen LogP contribution is 2.24. The third kappa shape index (κ3) is 2.89. The van der Waals surface area contributed by atoms with E-state index in [9.17, 15) is 9.90 Å². The summed E-state index contributed by atoms with van der Waals surface area (Å²) in [7, 11) is 0. The quantitative estimate of drug-likeness (QED) is 0.832. The molecule has 5 heteroatoms. The van der Waals surface area contributed by atoms with E-state index in [4.69, 9.17) is 11.6 Å². The van der Waals surface area contributed by atoms with E-state index in [2.05, 4.69) is 21.2 Å². The van der Waals surface area contributed by atoms with Gasteiger partial charge in [-0.1, -0.05) is 0 Å². The number of benzene rings is 1. The van der Waals surface area contributed by atoms with Crippen molar-refractivity contribution in [1.29, 1.82) is 0 Å². The summed E-state index contributed by atoms with van der Waals surface area (Å²) in [6.45, 7) is 0.414. The fraction of sp³-hybridized carbons (Fsp3) is 0.222. The van der Waals surface area contributed by atoms with E-state index in [-0.39, 0.29) is 11.7 Å². The lowest BCUT2D eigenvalue weighted by molar-refractivity contribution is 0.0955. The summed E-state index contributed by atoms with van der Waals surface area (Å²) in [5, 5.41) is 11.9. The van der Waals surface area contributed by atoms with Gasteiger partial charge in [0.05, 0.1) is 4.47 Å². The van der Waals surface area contributed by atoms with Gasteiger partial charge in [-0.2, -0.15) is 0 Å². The molecule has 0 heterocycles. The van der Waals surface area contributed by atoms with Crippen molar-refractivity contribution in [2.45, 2.75) is 0 Å². The van der Waals surface area contributed by atoms with Crippen LogP contribution >= 0.6 is 27.5 Å². The second-order valence-corrected chi connectivity index (χ2v) is 3.84. The summed E-state index contributed by atoms with van der Waals surface area (Å²) in [5.41, 5.74) is 0.413. The zero-order valence-corrected chi connectivity index (χ0v) is 9.60. The van der Waals surface area contributed by atoms with Crippen LogP contribution in [0.25, 0.3) is 0 Å². The maximum Gasteiger partial charge on any atom is 0.251 e. The van der Waals surface area contributed by atoms with Crippen molar-refractivity contribution in [3.05, 3.63) is 28.2 Å². The molecule has 14 heavy (non-hydrogen) atoms. The number of carbonyl (C=O) groups is 1. The topological polar surface area (TPSA) is 49.3 Å². The molecule has 0 aromatic heterocycles. The monoisotopic (exact) mass is 277 g/mol. The van der Waals surface area contributed by atoms with Gasteiger partial charge in [0.1, 0.15) is 5.75 Å². The molecule has 2 N–H and O–H groups in total. The molecule has 3 nitrogen and oxygen atoms in total. The molecule has 1 amide bonds. The largest absolute Gasteiger partial charge is 0.507 e. The number of hydrogen-bond donors (Lipinski definition) is 2. The van der Waals surface area contributed by atoms with E-state index in [1.807, 2.05) is 0 Å². The number of nitrogens with one attached hydrogen (secondary N) is 1. The van der Waals surface area contributed by atoms with Crippen LogP contribution in [0.3, 0.4) is 0 Å². The van der Waals surface area contributed by atoms with Gasteiger partial charge < -0.3 is 10.4 Å². The molecule has 1 rings (SSSR count). The highest BCUT2D eigenvalue weighted by Gasteiger charge is 2.06. The summed E-state index contributed by atoms with van der Waals surface area (Å²) >= 11 is 8.55. The fourth-order valence-corrected chi connectivity index (χ4v) is 1.26. The third-order valence-corrected chi connectivity index (χ3v) is 2.45. The smallest absolute Gasteiger partial charge is 0.251 e. The Hall–Kier alpha value is -0.740. The third-order valence-electron chi connectivity index (χ3n) is 1.59. The lowest BCUT2D eigenvalue weighted by atomic mass is 10.2. The van der Waals surface area contributed by atoms with Crippen LogP contribution in [-0.4, -0.2) is 23.4 Å². The molecule has 1 aromatic carbocycles. The Labute approximate surface area is 95.2 Å². The molecule has 1 aromatic rings. The summed E-state index contributed by atoms with van der Waals surface area (Å²) in [4.78, 5) is 11.4. The first-order valence-electron chi connectivity index (χ1n) is 3.98. The van der Waals surface area contributed by atoms with Crippen molar-refractivity contribution in [3.63, 3.8) is 0 Å². The Kier molecular flexibility index (Phi) is 4.22. The van der Waals surface area contributed by atoms with Gasteiger partial charge in [-0.3, -0.25) is 4.79 Å². The average Bonchev–Trinajstić information content (AvgIpc) is 2.18. The normalized spacial score (nSPS) is 9.86. The second kappa shape index (κ2) is 5.22. The maximum atomic E-state index is 11.4. The van der Waals surface area contributed by atoms with Crippen molar-refractivity contribution in [1.82, 2.24) is 5.32 Å². The van der Waals surface area contributed by atoms with Crippen LogP contribution in [0, 0.1) is 0 Å². The van der Waals surface area contributed by atoms with Crippen molar-refractivity contribution in [2.75, 3.05) is 12.4 Å². The Morgan fingerprint density at radius 3 is 2.86 bits per heavy atom. The lowest BCUT2D eigenvalue weighted by Crippen LogP contribution is -2.25. The van der Waals surface area contributed by atoms with Crippen molar-refractivity contribution in [2.24, 2.45) is 0 Å². The van der Waals surface area contributed by atoms with Crippen molar-refractivity contribution < 1.29 is 9.90 Å². The lowest BCUT2D eigenvalue weighted by Gasteiger charge is -2.04. The van der Waals surface area contributed by atoms with Gasteiger partial charge in [-0.15, -0.1) is 11.6 Å². The Bertz CT molecular complexity index is 344. The van der Waals surface area contributed by atoms with E-state index < -0.39 is 0 Å². The first-order valence-corrected chi connectivity index (χ1v) is 5.30. The number of amides is 1. The first-order chi connectivity index (χ1) is 6.65. The molecule has 0 bridgehead atoms. The standard InChI is InChI=1S/C9H9BrClNO2/c10-7-2-1-6(5-8(7)13)9(14)12-4-3-11/h1-2,5,13H,3-4H2,(H,12,14). The van der Waals surface area contributed by atoms with E-state index in [1.54, 1.807) is 12.1 Å². The van der Waals surface area contributed by atoms with Crippen molar-refractivity contribution >= 4 is 33.4 Å². The molecule has 76 valence electrons. The van der Waals surface area contributed by atoms with Gasteiger partial charge in [0.2, 0.25) is 0 Å². The Morgan fingerprint density at radius 2 is 2.29 bits per heavy atom. The number of carbonyl (C=O) groups excluding carboxylic acids is 1. The summed E-state index contributed by atoms with van der Waals surface area (Å²) in [6.07, 6.45) is 0. The van der Waals surface area contributed by atoms with Gasteiger partial charge in [0.15, 0.2) is 0 Å². The number of halogens is 2. The van der Waals surface area contributed by atoms with Gasteiger partial charge >= 0.3 is 0 Å². The maximum absolute atomic E-state index is 11.4. The van der Waals surface area contributed by atoms with Crippen LogP contribution < -0.4 is 5.32 Å². The van der Waals surface area contributed by atoms with Crippen molar-refractivity contribution in [3.8, 4) is 5.75 Å². The van der Waals surface area contributed by atoms with Gasteiger partial charge in [-0.05, 0) is 34.1 Å². The molecular weight excluding hydrogens is 269 g/mol. The summed E-state index contributed by atoms with van der Waals surface area (Å²) in [5.74, 6) is 0.172. The number of phenolic OH excluding ortho intramolecular Hbond substituents is 1. The average molecular weight is 279 g/mol. The minimum absolute atomic E-state index is 0.0449. The van der Waals surface area contributed by atoms with E-state index in [0.717, 1.165) is 0 Å². The summed E-state index contributed by atoms with van der Waals surface area (Å²) in [6, 6.07) is 4.63. The molecule has 0 saturated heterocycles. The van der Waals surface area contributed by atoms with Gasteiger partial charge in [-0.25, -0.2) is 0 Å². The minimum Gasteiger partial charge on any atom is -0.507 e. The number of alkyl halides is 1.